The van der Waals surface area contributed by atoms with Gasteiger partial charge in [0.25, 0.3) is 0 Å². The van der Waals surface area contributed by atoms with Gasteiger partial charge in [-0.05, 0) is 12.8 Å². The Balaban J connectivity index is 2.08. The number of ether oxygens (including phenoxy) is 2. The van der Waals surface area contributed by atoms with Gasteiger partial charge in [0, 0.05) is 31.7 Å². The van der Waals surface area contributed by atoms with Gasteiger partial charge in [-0.15, -0.1) is 0 Å². The Kier molecular flexibility index (Phi) is 3.78. The fourth-order valence-electron chi connectivity index (χ4n) is 2.60. The molecule has 2 heterocycles. The lowest BCUT2D eigenvalue weighted by Gasteiger charge is -2.18. The zero-order valence-corrected chi connectivity index (χ0v) is 11.8. The maximum Gasteiger partial charge on any atom is 0.163 e. The number of nitrogens with zero attached hydrogens (tertiary/aromatic N) is 2. The third-order valence-corrected chi connectivity index (χ3v) is 3.50. The standard InChI is InChI=1S/C15H20N2O3/c1-2-4-15-16-11-9-13-14(20-8-7-19-13)10-12(11)17(15)5-3-6-18/h9-10,18H,2-8H2,1H3. The van der Waals surface area contributed by atoms with Crippen molar-refractivity contribution in [3.63, 3.8) is 0 Å². The van der Waals surface area contributed by atoms with Crippen LogP contribution in [0.1, 0.15) is 25.6 Å². The highest BCUT2D eigenvalue weighted by molar-refractivity contribution is 5.80. The molecule has 0 saturated heterocycles. The highest BCUT2D eigenvalue weighted by atomic mass is 16.6. The molecule has 0 atom stereocenters. The molecule has 2 aromatic rings. The van der Waals surface area contributed by atoms with Crippen LogP contribution < -0.4 is 9.47 Å². The minimum Gasteiger partial charge on any atom is -0.486 e. The molecular formula is C15H20N2O3. The van der Waals surface area contributed by atoms with Gasteiger partial charge in [0.1, 0.15) is 19.0 Å². The number of aromatic nitrogens is 2. The van der Waals surface area contributed by atoms with Gasteiger partial charge in [-0.2, -0.15) is 0 Å². The Hall–Kier alpha value is -1.75. The second-order valence-electron chi connectivity index (χ2n) is 4.99. The van der Waals surface area contributed by atoms with Crippen LogP contribution in [0.15, 0.2) is 12.1 Å². The molecule has 0 amide bonds. The number of rotatable bonds is 5. The highest BCUT2D eigenvalue weighted by Crippen LogP contribution is 2.35. The Morgan fingerprint density at radius 1 is 1.25 bits per heavy atom. The molecule has 0 saturated carbocycles. The number of aliphatic hydroxyl groups excluding tert-OH is 1. The molecule has 3 rings (SSSR count). The molecule has 0 spiro atoms. The van der Waals surface area contributed by atoms with E-state index in [9.17, 15) is 0 Å². The van der Waals surface area contributed by atoms with E-state index < -0.39 is 0 Å². The van der Waals surface area contributed by atoms with Crippen LogP contribution in [0.4, 0.5) is 0 Å². The summed E-state index contributed by atoms with van der Waals surface area (Å²) in [7, 11) is 0. The van der Waals surface area contributed by atoms with Crippen LogP contribution in [-0.2, 0) is 13.0 Å². The number of fused-ring (bicyclic) bond motifs is 2. The molecule has 5 heteroatoms. The number of hydrogen-bond acceptors (Lipinski definition) is 4. The molecule has 0 aliphatic carbocycles. The second-order valence-corrected chi connectivity index (χ2v) is 4.99. The Morgan fingerprint density at radius 2 is 2.00 bits per heavy atom. The molecule has 1 aliphatic rings. The highest BCUT2D eigenvalue weighted by Gasteiger charge is 2.17. The van der Waals surface area contributed by atoms with Gasteiger partial charge in [-0.1, -0.05) is 6.92 Å². The Morgan fingerprint density at radius 3 is 2.70 bits per heavy atom. The third-order valence-electron chi connectivity index (χ3n) is 3.50. The van der Waals surface area contributed by atoms with E-state index in [1.807, 2.05) is 12.1 Å². The van der Waals surface area contributed by atoms with Crippen LogP contribution in [-0.4, -0.2) is 34.5 Å². The second kappa shape index (κ2) is 5.71. The molecular weight excluding hydrogens is 256 g/mol. The summed E-state index contributed by atoms with van der Waals surface area (Å²) >= 11 is 0. The normalized spacial score (nSPS) is 13.9. The number of aryl methyl sites for hydroxylation is 2. The van der Waals surface area contributed by atoms with Gasteiger partial charge in [0.15, 0.2) is 11.5 Å². The molecule has 1 aromatic heterocycles. The first-order valence-electron chi connectivity index (χ1n) is 7.23. The molecule has 1 N–H and O–H groups in total. The van der Waals surface area contributed by atoms with Crippen molar-refractivity contribution in [2.24, 2.45) is 0 Å². The van der Waals surface area contributed by atoms with Gasteiger partial charge < -0.3 is 19.1 Å². The Labute approximate surface area is 118 Å². The number of aliphatic hydroxyl groups is 1. The summed E-state index contributed by atoms with van der Waals surface area (Å²) in [4.78, 5) is 4.71. The van der Waals surface area contributed by atoms with Crippen molar-refractivity contribution in [2.45, 2.75) is 32.7 Å². The van der Waals surface area contributed by atoms with E-state index in [4.69, 9.17) is 19.6 Å². The van der Waals surface area contributed by atoms with E-state index in [-0.39, 0.29) is 6.61 Å². The number of imidazole rings is 1. The van der Waals surface area contributed by atoms with Crippen molar-refractivity contribution in [1.82, 2.24) is 9.55 Å². The van der Waals surface area contributed by atoms with Crippen LogP contribution in [0.5, 0.6) is 11.5 Å². The molecule has 20 heavy (non-hydrogen) atoms. The van der Waals surface area contributed by atoms with Crippen molar-refractivity contribution in [1.29, 1.82) is 0 Å². The first-order valence-corrected chi connectivity index (χ1v) is 7.23. The fraction of sp³-hybridized carbons (Fsp3) is 0.533. The summed E-state index contributed by atoms with van der Waals surface area (Å²) in [5.74, 6) is 2.63. The Bertz CT molecular complexity index is 607. The monoisotopic (exact) mass is 276 g/mol. The average Bonchev–Trinajstić information content (AvgIpc) is 2.79. The van der Waals surface area contributed by atoms with E-state index in [1.165, 1.54) is 0 Å². The summed E-state index contributed by atoms with van der Waals surface area (Å²) in [6.45, 7) is 4.29. The zero-order valence-electron chi connectivity index (χ0n) is 11.8. The van der Waals surface area contributed by atoms with Gasteiger partial charge in [0.05, 0.1) is 11.0 Å². The maximum absolute atomic E-state index is 9.07. The molecule has 108 valence electrons. The van der Waals surface area contributed by atoms with Crippen molar-refractivity contribution >= 4 is 11.0 Å². The van der Waals surface area contributed by atoms with Crippen LogP contribution >= 0.6 is 0 Å². The summed E-state index contributed by atoms with van der Waals surface area (Å²) in [6.07, 6.45) is 2.72. The summed E-state index contributed by atoms with van der Waals surface area (Å²) < 4.78 is 13.4. The summed E-state index contributed by atoms with van der Waals surface area (Å²) in [5, 5.41) is 9.07. The maximum atomic E-state index is 9.07. The quantitative estimate of drug-likeness (QED) is 0.909. The predicted molar refractivity (Wildman–Crippen MR) is 76.4 cm³/mol. The van der Waals surface area contributed by atoms with Gasteiger partial charge in [-0.3, -0.25) is 0 Å². The van der Waals surface area contributed by atoms with Crippen LogP contribution in [0.25, 0.3) is 11.0 Å². The van der Waals surface area contributed by atoms with E-state index in [1.54, 1.807) is 0 Å². The van der Waals surface area contributed by atoms with Crippen molar-refractivity contribution in [3.8, 4) is 11.5 Å². The lowest BCUT2D eigenvalue weighted by atomic mass is 10.2. The van der Waals surface area contributed by atoms with E-state index in [0.29, 0.717) is 13.2 Å². The smallest absolute Gasteiger partial charge is 0.163 e. The summed E-state index contributed by atoms with van der Waals surface area (Å²) in [5.41, 5.74) is 2.00. The van der Waals surface area contributed by atoms with Crippen molar-refractivity contribution in [2.75, 3.05) is 19.8 Å². The van der Waals surface area contributed by atoms with Gasteiger partial charge in [0.2, 0.25) is 0 Å². The zero-order chi connectivity index (χ0) is 13.9. The lowest BCUT2D eigenvalue weighted by Crippen LogP contribution is -2.15. The minimum atomic E-state index is 0.190. The molecule has 1 aliphatic heterocycles. The van der Waals surface area contributed by atoms with Crippen molar-refractivity contribution in [3.05, 3.63) is 18.0 Å². The molecule has 5 nitrogen and oxygen atoms in total. The van der Waals surface area contributed by atoms with Crippen LogP contribution in [0.3, 0.4) is 0 Å². The summed E-state index contributed by atoms with van der Waals surface area (Å²) in [6, 6.07) is 3.96. The molecule has 0 fully saturated rings. The first-order chi connectivity index (χ1) is 9.83. The predicted octanol–water partition coefficient (Wildman–Crippen LogP) is 2.14. The van der Waals surface area contributed by atoms with E-state index in [0.717, 1.165) is 54.2 Å². The van der Waals surface area contributed by atoms with Crippen molar-refractivity contribution < 1.29 is 14.6 Å². The largest absolute Gasteiger partial charge is 0.486 e. The van der Waals surface area contributed by atoms with Crippen LogP contribution in [0.2, 0.25) is 0 Å². The molecule has 0 unspecified atom stereocenters. The van der Waals surface area contributed by atoms with Gasteiger partial charge >= 0.3 is 0 Å². The van der Waals surface area contributed by atoms with Gasteiger partial charge in [-0.25, -0.2) is 4.98 Å². The van der Waals surface area contributed by atoms with Crippen LogP contribution in [0, 0.1) is 0 Å². The van der Waals surface area contributed by atoms with E-state index >= 15 is 0 Å². The molecule has 0 bridgehead atoms. The van der Waals surface area contributed by atoms with E-state index in [2.05, 4.69) is 11.5 Å². The lowest BCUT2D eigenvalue weighted by molar-refractivity contribution is 0.172. The minimum absolute atomic E-state index is 0.190. The first kappa shape index (κ1) is 13.2. The molecule has 1 aromatic carbocycles. The molecule has 0 radical (unpaired) electrons. The fourth-order valence-corrected chi connectivity index (χ4v) is 2.60. The number of benzene rings is 1. The third kappa shape index (κ3) is 2.33. The average molecular weight is 276 g/mol. The number of hydrogen-bond donors (Lipinski definition) is 1. The SMILES string of the molecule is CCCc1nc2cc3c(cc2n1CCCO)OCCO3. The topological polar surface area (TPSA) is 56.5 Å².